The SMILES string of the molecule is CCc1nn(C)c(CC(O)C2CCCC2)c1Br. The summed E-state index contributed by atoms with van der Waals surface area (Å²) in [6.07, 6.45) is 6.33. The van der Waals surface area contributed by atoms with E-state index in [9.17, 15) is 5.11 Å². The molecule has 0 saturated heterocycles. The van der Waals surface area contributed by atoms with Gasteiger partial charge >= 0.3 is 0 Å². The number of halogens is 1. The van der Waals surface area contributed by atoms with Crippen molar-refractivity contribution < 1.29 is 5.11 Å². The molecule has 0 spiro atoms. The highest BCUT2D eigenvalue weighted by Crippen LogP contribution is 2.31. The molecule has 0 radical (unpaired) electrons. The van der Waals surface area contributed by atoms with E-state index in [0.29, 0.717) is 5.92 Å². The molecule has 0 amide bonds. The number of aryl methyl sites for hydroxylation is 2. The van der Waals surface area contributed by atoms with Crippen LogP contribution in [-0.4, -0.2) is 21.0 Å². The molecule has 1 saturated carbocycles. The molecule has 96 valence electrons. The molecule has 0 bridgehead atoms. The first kappa shape index (κ1) is 13.1. The van der Waals surface area contributed by atoms with Crippen LogP contribution in [0, 0.1) is 5.92 Å². The van der Waals surface area contributed by atoms with Gasteiger partial charge in [-0.1, -0.05) is 19.8 Å². The summed E-state index contributed by atoms with van der Waals surface area (Å²) >= 11 is 3.60. The lowest BCUT2D eigenvalue weighted by Crippen LogP contribution is -2.21. The van der Waals surface area contributed by atoms with Crippen LogP contribution in [0.4, 0.5) is 0 Å². The smallest absolute Gasteiger partial charge is 0.0766 e. The molecule has 1 heterocycles. The van der Waals surface area contributed by atoms with Crippen molar-refractivity contribution in [1.82, 2.24) is 9.78 Å². The fourth-order valence-electron chi connectivity index (χ4n) is 2.75. The van der Waals surface area contributed by atoms with Gasteiger partial charge in [0.05, 0.1) is 22.0 Å². The van der Waals surface area contributed by atoms with Gasteiger partial charge in [-0.3, -0.25) is 4.68 Å². The van der Waals surface area contributed by atoms with Crippen LogP contribution in [0.5, 0.6) is 0 Å². The van der Waals surface area contributed by atoms with E-state index in [1.165, 1.54) is 25.7 Å². The number of rotatable bonds is 4. The van der Waals surface area contributed by atoms with Gasteiger partial charge in [-0.05, 0) is 41.1 Å². The van der Waals surface area contributed by atoms with E-state index in [0.717, 1.165) is 28.7 Å². The maximum Gasteiger partial charge on any atom is 0.0766 e. The first-order chi connectivity index (χ1) is 8.13. The van der Waals surface area contributed by atoms with E-state index >= 15 is 0 Å². The summed E-state index contributed by atoms with van der Waals surface area (Å²) in [4.78, 5) is 0. The molecule has 17 heavy (non-hydrogen) atoms. The Balaban J connectivity index is 2.09. The zero-order valence-corrected chi connectivity index (χ0v) is 12.2. The number of hydrogen-bond acceptors (Lipinski definition) is 2. The normalized spacial score (nSPS) is 18.8. The Morgan fingerprint density at radius 1 is 1.47 bits per heavy atom. The summed E-state index contributed by atoms with van der Waals surface area (Å²) in [7, 11) is 1.96. The molecular weight excluding hydrogens is 280 g/mol. The highest BCUT2D eigenvalue weighted by molar-refractivity contribution is 9.10. The number of aromatic nitrogens is 2. The molecule has 1 aliphatic rings. The van der Waals surface area contributed by atoms with Crippen molar-refractivity contribution >= 4 is 15.9 Å². The third kappa shape index (κ3) is 2.74. The highest BCUT2D eigenvalue weighted by Gasteiger charge is 2.25. The van der Waals surface area contributed by atoms with Crippen LogP contribution < -0.4 is 0 Å². The molecule has 1 aliphatic carbocycles. The molecule has 0 aliphatic heterocycles. The quantitative estimate of drug-likeness (QED) is 0.928. The fraction of sp³-hybridized carbons (Fsp3) is 0.769. The summed E-state index contributed by atoms with van der Waals surface area (Å²) in [5.74, 6) is 0.488. The Bertz CT molecular complexity index is 383. The molecule has 1 aromatic rings. The van der Waals surface area contributed by atoms with Gasteiger partial charge in [-0.25, -0.2) is 0 Å². The van der Waals surface area contributed by atoms with E-state index in [4.69, 9.17) is 0 Å². The highest BCUT2D eigenvalue weighted by atomic mass is 79.9. The number of aliphatic hydroxyl groups is 1. The van der Waals surface area contributed by atoms with Crippen LogP contribution in [0.1, 0.15) is 44.0 Å². The summed E-state index contributed by atoms with van der Waals surface area (Å²) in [5, 5.41) is 14.7. The zero-order chi connectivity index (χ0) is 12.4. The lowest BCUT2D eigenvalue weighted by Gasteiger charge is -2.17. The van der Waals surface area contributed by atoms with Gasteiger partial charge in [0.2, 0.25) is 0 Å². The summed E-state index contributed by atoms with van der Waals surface area (Å²) < 4.78 is 2.99. The van der Waals surface area contributed by atoms with Crippen molar-refractivity contribution in [3.63, 3.8) is 0 Å². The van der Waals surface area contributed by atoms with Crippen molar-refractivity contribution in [3.8, 4) is 0 Å². The first-order valence-corrected chi connectivity index (χ1v) is 7.31. The molecule has 1 aromatic heterocycles. The Morgan fingerprint density at radius 2 is 2.12 bits per heavy atom. The van der Waals surface area contributed by atoms with Crippen LogP contribution in [0.3, 0.4) is 0 Å². The monoisotopic (exact) mass is 300 g/mol. The van der Waals surface area contributed by atoms with Crippen LogP contribution in [0.25, 0.3) is 0 Å². The lowest BCUT2D eigenvalue weighted by atomic mass is 9.97. The van der Waals surface area contributed by atoms with Gasteiger partial charge in [-0.15, -0.1) is 0 Å². The summed E-state index contributed by atoms with van der Waals surface area (Å²) in [6, 6.07) is 0. The largest absolute Gasteiger partial charge is 0.392 e. The molecule has 0 aromatic carbocycles. The maximum absolute atomic E-state index is 10.3. The Morgan fingerprint density at radius 3 is 2.65 bits per heavy atom. The second-order valence-corrected chi connectivity index (χ2v) is 5.79. The Labute approximate surface area is 111 Å². The summed E-state index contributed by atoms with van der Waals surface area (Å²) in [6.45, 7) is 2.10. The van der Waals surface area contributed by atoms with Gasteiger partial charge in [-0.2, -0.15) is 5.10 Å². The second kappa shape index (κ2) is 5.53. The minimum absolute atomic E-state index is 0.214. The molecule has 2 rings (SSSR count). The van der Waals surface area contributed by atoms with E-state index in [2.05, 4.69) is 28.0 Å². The molecular formula is C13H21BrN2O. The standard InChI is InChI=1S/C13H21BrN2O/c1-3-10-13(14)11(16(2)15-10)8-12(17)9-6-4-5-7-9/h9,12,17H,3-8H2,1-2H3. The molecule has 1 unspecified atom stereocenters. The molecule has 1 N–H and O–H groups in total. The zero-order valence-electron chi connectivity index (χ0n) is 10.6. The van der Waals surface area contributed by atoms with Crippen LogP contribution in [0.15, 0.2) is 4.47 Å². The van der Waals surface area contributed by atoms with Gasteiger partial charge in [0.1, 0.15) is 0 Å². The van der Waals surface area contributed by atoms with Gasteiger partial charge in [0, 0.05) is 13.5 Å². The minimum atomic E-state index is -0.214. The molecule has 1 fully saturated rings. The van der Waals surface area contributed by atoms with E-state index in [1.807, 2.05) is 11.7 Å². The fourth-order valence-corrected chi connectivity index (χ4v) is 3.53. The van der Waals surface area contributed by atoms with Crippen molar-refractivity contribution in [2.24, 2.45) is 13.0 Å². The number of aliphatic hydroxyl groups excluding tert-OH is 1. The average molecular weight is 301 g/mol. The van der Waals surface area contributed by atoms with Crippen molar-refractivity contribution in [2.75, 3.05) is 0 Å². The van der Waals surface area contributed by atoms with Crippen molar-refractivity contribution in [3.05, 3.63) is 15.9 Å². The minimum Gasteiger partial charge on any atom is -0.392 e. The Kier molecular flexibility index (Phi) is 4.26. The van der Waals surface area contributed by atoms with E-state index < -0.39 is 0 Å². The molecule has 4 heteroatoms. The average Bonchev–Trinajstić information content (AvgIpc) is 2.92. The van der Waals surface area contributed by atoms with Crippen molar-refractivity contribution in [2.45, 2.75) is 51.6 Å². The van der Waals surface area contributed by atoms with E-state index in [-0.39, 0.29) is 6.10 Å². The predicted molar refractivity (Wildman–Crippen MR) is 72.0 cm³/mol. The molecule has 3 nitrogen and oxygen atoms in total. The van der Waals surface area contributed by atoms with Crippen LogP contribution in [0.2, 0.25) is 0 Å². The first-order valence-electron chi connectivity index (χ1n) is 6.51. The second-order valence-electron chi connectivity index (χ2n) is 5.00. The van der Waals surface area contributed by atoms with Crippen molar-refractivity contribution in [1.29, 1.82) is 0 Å². The number of nitrogens with zero attached hydrogens (tertiary/aromatic N) is 2. The predicted octanol–water partition coefficient (Wildman–Crippen LogP) is 2.84. The van der Waals surface area contributed by atoms with Crippen LogP contribution >= 0.6 is 15.9 Å². The third-order valence-corrected chi connectivity index (χ3v) is 4.76. The Hall–Kier alpha value is -0.350. The van der Waals surface area contributed by atoms with Gasteiger partial charge in [0.25, 0.3) is 0 Å². The third-order valence-electron chi connectivity index (χ3n) is 3.85. The van der Waals surface area contributed by atoms with Crippen LogP contribution in [-0.2, 0) is 19.9 Å². The maximum atomic E-state index is 10.3. The molecule has 1 atom stereocenters. The van der Waals surface area contributed by atoms with Gasteiger partial charge < -0.3 is 5.11 Å². The summed E-state index contributed by atoms with van der Waals surface area (Å²) in [5.41, 5.74) is 2.21. The lowest BCUT2D eigenvalue weighted by molar-refractivity contribution is 0.109. The number of hydrogen-bond donors (Lipinski definition) is 1. The topological polar surface area (TPSA) is 38.0 Å². The van der Waals surface area contributed by atoms with E-state index in [1.54, 1.807) is 0 Å². The van der Waals surface area contributed by atoms with Gasteiger partial charge in [0.15, 0.2) is 0 Å².